The van der Waals surface area contributed by atoms with Gasteiger partial charge in [-0.1, -0.05) is 31.5 Å². The predicted molar refractivity (Wildman–Crippen MR) is 131 cm³/mol. The molecule has 0 aromatic heterocycles. The molecule has 0 bridgehead atoms. The highest BCUT2D eigenvalue weighted by Gasteiger charge is 2.31. The number of sulfonamides is 1. The summed E-state index contributed by atoms with van der Waals surface area (Å²) in [5.74, 6) is 0.661. The number of carbonyl (C=O) groups excluding carboxylic acids is 1. The number of rotatable bonds is 8. The van der Waals surface area contributed by atoms with Gasteiger partial charge in [-0.15, -0.1) is 0 Å². The van der Waals surface area contributed by atoms with Gasteiger partial charge >= 0.3 is 0 Å². The molecule has 1 amide bonds. The van der Waals surface area contributed by atoms with E-state index in [-0.39, 0.29) is 12.0 Å². The Morgan fingerprint density at radius 2 is 1.66 bits per heavy atom. The van der Waals surface area contributed by atoms with Crippen molar-refractivity contribution in [3.05, 3.63) is 57.6 Å². The maximum absolute atomic E-state index is 13.2. The first kappa shape index (κ1) is 26.0. The van der Waals surface area contributed by atoms with Crippen LogP contribution < -0.4 is 14.4 Å². The standard InChI is InChI=1S/C24H33ClN2O4S/c1-14(2)20-13-21(16(4)11-23(20)31-7)17(5)26-24(28)18(6)27(32(8,29)30)22-12-19(25)10-9-15(22)3/h9-14,17-18H,1-8H3,(H,26,28)/t17-,18+/m0/s1. The molecule has 0 unspecified atom stereocenters. The lowest BCUT2D eigenvalue weighted by Gasteiger charge is -2.31. The van der Waals surface area contributed by atoms with Crippen molar-refractivity contribution in [2.75, 3.05) is 17.7 Å². The van der Waals surface area contributed by atoms with E-state index >= 15 is 0 Å². The number of amides is 1. The molecule has 0 spiro atoms. The van der Waals surface area contributed by atoms with Gasteiger partial charge in [-0.25, -0.2) is 8.42 Å². The summed E-state index contributed by atoms with van der Waals surface area (Å²) in [5, 5.41) is 3.38. The minimum Gasteiger partial charge on any atom is -0.496 e. The minimum absolute atomic E-state index is 0.248. The Labute approximate surface area is 197 Å². The Balaban J connectivity index is 2.38. The quantitative estimate of drug-likeness (QED) is 0.568. The van der Waals surface area contributed by atoms with Crippen LogP contribution in [-0.2, 0) is 14.8 Å². The van der Waals surface area contributed by atoms with Crippen LogP contribution in [0.1, 0.15) is 61.9 Å². The van der Waals surface area contributed by atoms with Crippen LogP contribution in [0.4, 0.5) is 5.69 Å². The molecule has 2 atom stereocenters. The van der Waals surface area contributed by atoms with Gasteiger partial charge in [0.25, 0.3) is 0 Å². The van der Waals surface area contributed by atoms with E-state index in [0.717, 1.165) is 33.0 Å². The zero-order chi connectivity index (χ0) is 24.4. The first-order chi connectivity index (χ1) is 14.8. The van der Waals surface area contributed by atoms with Gasteiger partial charge < -0.3 is 10.1 Å². The van der Waals surface area contributed by atoms with E-state index < -0.39 is 22.0 Å². The lowest BCUT2D eigenvalue weighted by molar-refractivity contribution is -0.122. The van der Waals surface area contributed by atoms with Gasteiger partial charge in [-0.3, -0.25) is 9.10 Å². The summed E-state index contributed by atoms with van der Waals surface area (Å²) in [4.78, 5) is 13.2. The Bertz CT molecular complexity index is 1100. The summed E-state index contributed by atoms with van der Waals surface area (Å²) in [6.45, 7) is 11.4. The van der Waals surface area contributed by atoms with Crippen molar-refractivity contribution in [2.45, 2.75) is 59.5 Å². The average molecular weight is 481 g/mol. The van der Waals surface area contributed by atoms with Gasteiger partial charge in [0.05, 0.1) is 25.1 Å². The van der Waals surface area contributed by atoms with E-state index in [1.807, 2.05) is 26.0 Å². The Hall–Kier alpha value is -2.25. The van der Waals surface area contributed by atoms with Crippen LogP contribution >= 0.6 is 11.6 Å². The fraction of sp³-hybridized carbons (Fsp3) is 0.458. The van der Waals surface area contributed by atoms with E-state index in [0.29, 0.717) is 16.3 Å². The summed E-state index contributed by atoms with van der Waals surface area (Å²) in [6, 6.07) is 7.71. The van der Waals surface area contributed by atoms with Crippen LogP contribution in [0.5, 0.6) is 5.75 Å². The van der Waals surface area contributed by atoms with E-state index in [1.165, 1.54) is 0 Å². The summed E-state index contributed by atoms with van der Waals surface area (Å²) < 4.78 is 31.9. The first-order valence-electron chi connectivity index (χ1n) is 10.5. The molecule has 176 valence electrons. The number of carbonyl (C=O) groups is 1. The number of nitrogens with one attached hydrogen (secondary N) is 1. The van der Waals surface area contributed by atoms with Crippen LogP contribution in [-0.4, -0.2) is 33.7 Å². The third kappa shape index (κ3) is 5.75. The predicted octanol–water partition coefficient (Wildman–Crippen LogP) is 5.12. The zero-order valence-corrected chi connectivity index (χ0v) is 21.6. The Morgan fingerprint density at radius 3 is 2.19 bits per heavy atom. The van der Waals surface area contributed by atoms with Crippen molar-refractivity contribution in [3.63, 3.8) is 0 Å². The molecule has 0 heterocycles. The second kappa shape index (κ2) is 10.1. The molecule has 0 aliphatic rings. The molecule has 0 aliphatic carbocycles. The molecule has 2 aromatic carbocycles. The molecule has 0 aliphatic heterocycles. The van der Waals surface area contributed by atoms with E-state index in [9.17, 15) is 13.2 Å². The number of ether oxygens (including phenoxy) is 1. The molecular weight excluding hydrogens is 448 g/mol. The Kier molecular flexibility index (Phi) is 8.23. The second-order valence-electron chi connectivity index (χ2n) is 8.50. The number of hydrogen-bond acceptors (Lipinski definition) is 4. The third-order valence-electron chi connectivity index (χ3n) is 5.56. The topological polar surface area (TPSA) is 75.7 Å². The third-order valence-corrected chi connectivity index (χ3v) is 7.03. The highest BCUT2D eigenvalue weighted by atomic mass is 35.5. The molecule has 2 aromatic rings. The molecule has 0 fully saturated rings. The fourth-order valence-corrected chi connectivity index (χ4v) is 5.21. The maximum Gasteiger partial charge on any atom is 0.244 e. The summed E-state index contributed by atoms with van der Waals surface area (Å²) in [7, 11) is -2.10. The molecule has 2 rings (SSSR count). The monoisotopic (exact) mass is 480 g/mol. The zero-order valence-electron chi connectivity index (χ0n) is 20.0. The molecule has 0 radical (unpaired) electrons. The van der Waals surface area contributed by atoms with Crippen LogP contribution in [0, 0.1) is 13.8 Å². The van der Waals surface area contributed by atoms with Gasteiger partial charge in [0, 0.05) is 5.02 Å². The fourth-order valence-electron chi connectivity index (χ4n) is 3.82. The SMILES string of the molecule is COc1cc(C)c([C@H](C)NC(=O)[C@@H](C)N(c2cc(Cl)ccc2C)S(C)(=O)=O)cc1C(C)C. The van der Waals surface area contributed by atoms with Crippen LogP contribution in [0.2, 0.25) is 5.02 Å². The van der Waals surface area contributed by atoms with E-state index in [4.69, 9.17) is 16.3 Å². The highest BCUT2D eigenvalue weighted by Crippen LogP contribution is 2.33. The molecular formula is C24H33ClN2O4S. The maximum atomic E-state index is 13.2. The van der Waals surface area contributed by atoms with Crippen molar-refractivity contribution in [1.82, 2.24) is 5.32 Å². The number of nitrogens with zero attached hydrogens (tertiary/aromatic N) is 1. The van der Waals surface area contributed by atoms with Crippen LogP contribution in [0.15, 0.2) is 30.3 Å². The number of hydrogen-bond donors (Lipinski definition) is 1. The molecule has 8 heteroatoms. The van der Waals surface area contributed by atoms with Crippen molar-refractivity contribution in [1.29, 1.82) is 0 Å². The summed E-state index contributed by atoms with van der Waals surface area (Å²) in [5.41, 5.74) is 4.09. The van der Waals surface area contributed by atoms with Crippen molar-refractivity contribution >= 4 is 33.2 Å². The first-order valence-corrected chi connectivity index (χ1v) is 12.7. The number of benzene rings is 2. The van der Waals surface area contributed by atoms with Gasteiger partial charge in [0.15, 0.2) is 0 Å². The van der Waals surface area contributed by atoms with Crippen molar-refractivity contribution in [3.8, 4) is 5.75 Å². The van der Waals surface area contributed by atoms with E-state index in [2.05, 4.69) is 19.2 Å². The number of aryl methyl sites for hydroxylation is 2. The van der Waals surface area contributed by atoms with Gasteiger partial charge in [0.2, 0.25) is 15.9 Å². The molecule has 0 saturated heterocycles. The minimum atomic E-state index is -3.74. The number of anilines is 1. The summed E-state index contributed by atoms with van der Waals surface area (Å²) in [6.07, 6.45) is 1.09. The lowest BCUT2D eigenvalue weighted by Crippen LogP contribution is -2.48. The summed E-state index contributed by atoms with van der Waals surface area (Å²) >= 11 is 6.11. The van der Waals surface area contributed by atoms with Crippen molar-refractivity contribution < 1.29 is 17.9 Å². The molecule has 1 N–H and O–H groups in total. The van der Waals surface area contributed by atoms with E-state index in [1.54, 1.807) is 39.2 Å². The number of methoxy groups -OCH3 is 1. The van der Waals surface area contributed by atoms with Gasteiger partial charge in [-0.05, 0) is 80.1 Å². The lowest BCUT2D eigenvalue weighted by atomic mass is 9.93. The van der Waals surface area contributed by atoms with Crippen molar-refractivity contribution in [2.24, 2.45) is 0 Å². The normalized spacial score (nSPS) is 13.6. The molecule has 32 heavy (non-hydrogen) atoms. The molecule has 0 saturated carbocycles. The highest BCUT2D eigenvalue weighted by molar-refractivity contribution is 7.92. The molecule has 6 nitrogen and oxygen atoms in total. The second-order valence-corrected chi connectivity index (χ2v) is 10.8. The smallest absolute Gasteiger partial charge is 0.244 e. The number of halogens is 1. The van der Waals surface area contributed by atoms with Crippen LogP contribution in [0.3, 0.4) is 0 Å². The van der Waals surface area contributed by atoms with Gasteiger partial charge in [-0.2, -0.15) is 0 Å². The largest absolute Gasteiger partial charge is 0.496 e. The Morgan fingerprint density at radius 1 is 1.03 bits per heavy atom. The average Bonchev–Trinajstić information content (AvgIpc) is 2.68. The van der Waals surface area contributed by atoms with Gasteiger partial charge in [0.1, 0.15) is 11.8 Å². The van der Waals surface area contributed by atoms with Crippen LogP contribution in [0.25, 0.3) is 0 Å².